The van der Waals surface area contributed by atoms with Gasteiger partial charge >= 0.3 is 6.03 Å². The van der Waals surface area contributed by atoms with Crippen LogP contribution in [0.15, 0.2) is 0 Å². The van der Waals surface area contributed by atoms with E-state index >= 15 is 0 Å². The van der Waals surface area contributed by atoms with Crippen LogP contribution in [0.5, 0.6) is 0 Å². The number of rotatable bonds is 3. The van der Waals surface area contributed by atoms with Crippen LogP contribution >= 0.6 is 11.8 Å². The minimum Gasteiger partial charge on any atom is -0.337 e. The predicted octanol–water partition coefficient (Wildman–Crippen LogP) is 0.933. The summed E-state index contributed by atoms with van der Waals surface area (Å²) < 4.78 is 0. The molecule has 2 heterocycles. The van der Waals surface area contributed by atoms with Gasteiger partial charge in [0, 0.05) is 24.4 Å². The van der Waals surface area contributed by atoms with E-state index in [0.717, 1.165) is 26.1 Å². The first-order chi connectivity index (χ1) is 7.84. The van der Waals surface area contributed by atoms with Crippen LogP contribution < -0.4 is 16.0 Å². The van der Waals surface area contributed by atoms with Gasteiger partial charge in [-0.25, -0.2) is 4.79 Å². The Labute approximate surface area is 101 Å². The zero-order valence-corrected chi connectivity index (χ0v) is 10.4. The number of urea groups is 1. The number of carbonyl (C=O) groups is 1. The first-order valence-corrected chi connectivity index (χ1v) is 7.26. The van der Waals surface area contributed by atoms with Gasteiger partial charge in [0.05, 0.1) is 0 Å². The van der Waals surface area contributed by atoms with Crippen LogP contribution in [0, 0.1) is 0 Å². The average molecular weight is 243 g/mol. The van der Waals surface area contributed by atoms with Crippen molar-refractivity contribution in [1.82, 2.24) is 16.0 Å². The van der Waals surface area contributed by atoms with Crippen molar-refractivity contribution in [2.45, 2.75) is 37.0 Å². The maximum atomic E-state index is 11.6. The molecule has 4 nitrogen and oxygen atoms in total. The Bertz CT molecular complexity index is 225. The van der Waals surface area contributed by atoms with E-state index < -0.39 is 0 Å². The fourth-order valence-corrected chi connectivity index (χ4v) is 3.43. The molecule has 0 aromatic carbocycles. The van der Waals surface area contributed by atoms with Crippen LogP contribution in [0.4, 0.5) is 4.79 Å². The van der Waals surface area contributed by atoms with Crippen LogP contribution in [-0.4, -0.2) is 42.7 Å². The summed E-state index contributed by atoms with van der Waals surface area (Å²) in [7, 11) is 0. The Morgan fingerprint density at radius 3 is 3.00 bits per heavy atom. The first-order valence-electron chi connectivity index (χ1n) is 6.21. The van der Waals surface area contributed by atoms with Gasteiger partial charge in [0.2, 0.25) is 0 Å². The van der Waals surface area contributed by atoms with Crippen molar-refractivity contribution < 1.29 is 4.79 Å². The maximum Gasteiger partial charge on any atom is 0.315 e. The summed E-state index contributed by atoms with van der Waals surface area (Å²) in [6, 6.07) is 0.318. The molecular formula is C11H21N3OS. The van der Waals surface area contributed by atoms with Crippen molar-refractivity contribution in [2.24, 2.45) is 0 Å². The Kier molecular flexibility index (Phi) is 4.78. The number of thioether (sulfide) groups is 1. The van der Waals surface area contributed by atoms with Gasteiger partial charge in [-0.1, -0.05) is 6.42 Å². The van der Waals surface area contributed by atoms with Crippen molar-refractivity contribution in [3.63, 3.8) is 0 Å². The van der Waals surface area contributed by atoms with Gasteiger partial charge in [-0.3, -0.25) is 0 Å². The summed E-state index contributed by atoms with van der Waals surface area (Å²) >= 11 is 1.99. The smallest absolute Gasteiger partial charge is 0.315 e. The number of hydrogen-bond acceptors (Lipinski definition) is 3. The highest BCUT2D eigenvalue weighted by Gasteiger charge is 2.18. The van der Waals surface area contributed by atoms with E-state index in [4.69, 9.17) is 0 Å². The third-order valence-corrected chi connectivity index (χ3v) is 4.56. The van der Waals surface area contributed by atoms with Gasteiger partial charge in [0.25, 0.3) is 0 Å². The molecule has 3 N–H and O–H groups in total. The zero-order chi connectivity index (χ0) is 11.2. The summed E-state index contributed by atoms with van der Waals surface area (Å²) in [5.41, 5.74) is 0. The van der Waals surface area contributed by atoms with Gasteiger partial charge in [-0.15, -0.1) is 0 Å². The van der Waals surface area contributed by atoms with Crippen LogP contribution in [-0.2, 0) is 0 Å². The fourth-order valence-electron chi connectivity index (χ4n) is 2.19. The second-order valence-corrected chi connectivity index (χ2v) is 5.94. The van der Waals surface area contributed by atoms with Gasteiger partial charge in [0.15, 0.2) is 0 Å². The molecule has 0 aliphatic carbocycles. The Morgan fingerprint density at radius 2 is 2.31 bits per heavy atom. The molecule has 92 valence electrons. The summed E-state index contributed by atoms with van der Waals surface area (Å²) in [6.07, 6.45) is 4.94. The first kappa shape index (κ1) is 12.0. The lowest BCUT2D eigenvalue weighted by Crippen LogP contribution is -2.45. The molecular weight excluding hydrogens is 222 g/mol. The molecule has 2 amide bonds. The van der Waals surface area contributed by atoms with E-state index in [9.17, 15) is 4.79 Å². The standard InChI is InChI=1S/C11H21N3OS/c15-11(14-9-4-5-12-7-9)13-8-10-3-1-2-6-16-10/h9-10,12H,1-8H2,(H2,13,14,15). The highest BCUT2D eigenvalue weighted by atomic mass is 32.2. The van der Waals surface area contributed by atoms with Gasteiger partial charge < -0.3 is 16.0 Å². The van der Waals surface area contributed by atoms with Crippen molar-refractivity contribution in [1.29, 1.82) is 0 Å². The second-order valence-electron chi connectivity index (χ2n) is 4.53. The monoisotopic (exact) mass is 243 g/mol. The zero-order valence-electron chi connectivity index (χ0n) is 9.63. The van der Waals surface area contributed by atoms with Crippen LogP contribution in [0.1, 0.15) is 25.7 Å². The van der Waals surface area contributed by atoms with Gasteiger partial charge in [-0.05, 0) is 31.6 Å². The molecule has 0 aromatic rings. The molecule has 2 aliphatic rings. The molecule has 0 saturated carbocycles. The minimum absolute atomic E-state index is 0.000117. The average Bonchev–Trinajstić information content (AvgIpc) is 2.81. The van der Waals surface area contributed by atoms with Crippen LogP contribution in [0.3, 0.4) is 0 Å². The molecule has 2 unspecified atom stereocenters. The number of hydrogen-bond donors (Lipinski definition) is 3. The normalized spacial score (nSPS) is 30.0. The number of amides is 2. The predicted molar refractivity (Wildman–Crippen MR) is 67.9 cm³/mol. The second kappa shape index (κ2) is 6.35. The lowest BCUT2D eigenvalue weighted by atomic mass is 10.2. The summed E-state index contributed by atoms with van der Waals surface area (Å²) in [5.74, 6) is 1.25. The van der Waals surface area contributed by atoms with Crippen LogP contribution in [0.2, 0.25) is 0 Å². The van der Waals surface area contributed by atoms with Crippen molar-refractivity contribution >= 4 is 17.8 Å². The van der Waals surface area contributed by atoms with E-state index in [1.54, 1.807) is 0 Å². The summed E-state index contributed by atoms with van der Waals surface area (Å²) in [5, 5.41) is 9.84. The molecule has 5 heteroatoms. The Balaban J connectivity index is 1.59. The summed E-state index contributed by atoms with van der Waals surface area (Å²) in [6.45, 7) is 2.74. The van der Waals surface area contributed by atoms with Gasteiger partial charge in [0.1, 0.15) is 0 Å². The highest BCUT2D eigenvalue weighted by molar-refractivity contribution is 7.99. The molecule has 0 radical (unpaired) electrons. The molecule has 2 aliphatic heterocycles. The maximum absolute atomic E-state index is 11.6. The topological polar surface area (TPSA) is 53.2 Å². The Hall–Kier alpha value is -0.420. The number of carbonyl (C=O) groups excluding carboxylic acids is 1. The van der Waals surface area contributed by atoms with E-state index in [1.807, 2.05) is 11.8 Å². The lowest BCUT2D eigenvalue weighted by Gasteiger charge is -2.22. The van der Waals surface area contributed by atoms with E-state index in [2.05, 4.69) is 16.0 Å². The quantitative estimate of drug-likeness (QED) is 0.691. The molecule has 2 fully saturated rings. The van der Waals surface area contributed by atoms with Gasteiger partial charge in [-0.2, -0.15) is 11.8 Å². The molecule has 2 saturated heterocycles. The van der Waals surface area contributed by atoms with Crippen molar-refractivity contribution in [2.75, 3.05) is 25.4 Å². The van der Waals surface area contributed by atoms with E-state index in [0.29, 0.717) is 11.3 Å². The molecule has 0 spiro atoms. The molecule has 0 bridgehead atoms. The summed E-state index contributed by atoms with van der Waals surface area (Å²) in [4.78, 5) is 11.6. The van der Waals surface area contributed by atoms with E-state index in [-0.39, 0.29) is 6.03 Å². The van der Waals surface area contributed by atoms with Crippen molar-refractivity contribution in [3.8, 4) is 0 Å². The minimum atomic E-state index is -0.000117. The lowest BCUT2D eigenvalue weighted by molar-refractivity contribution is 0.237. The van der Waals surface area contributed by atoms with Crippen LogP contribution in [0.25, 0.3) is 0 Å². The fraction of sp³-hybridized carbons (Fsp3) is 0.909. The molecule has 2 atom stereocenters. The Morgan fingerprint density at radius 1 is 1.38 bits per heavy atom. The number of nitrogens with one attached hydrogen (secondary N) is 3. The third-order valence-electron chi connectivity index (χ3n) is 3.16. The van der Waals surface area contributed by atoms with Crippen molar-refractivity contribution in [3.05, 3.63) is 0 Å². The van der Waals surface area contributed by atoms with E-state index in [1.165, 1.54) is 25.0 Å². The molecule has 2 rings (SSSR count). The highest BCUT2D eigenvalue weighted by Crippen LogP contribution is 2.24. The third kappa shape index (κ3) is 3.87. The molecule has 0 aromatic heterocycles. The SMILES string of the molecule is O=C(NCC1CCCCS1)NC1CCNC1. The molecule has 16 heavy (non-hydrogen) atoms. The largest absolute Gasteiger partial charge is 0.337 e.